The molecule has 0 saturated carbocycles. The number of hydrogen-bond acceptors (Lipinski definition) is 5. The normalized spacial score (nSPS) is 19.7. The molecular formula is C20H29NO4S. The number of unbranched alkanes of at least 4 members (excludes halogenated alkanes) is 1. The number of carbonyl (C=O) groups excluding carboxylic acids is 2. The van der Waals surface area contributed by atoms with Crippen molar-refractivity contribution in [2.75, 3.05) is 19.5 Å². The first kappa shape index (κ1) is 20.6. The second-order valence-corrected chi connectivity index (χ2v) is 8.11. The fourth-order valence-corrected chi connectivity index (χ4v) is 4.52. The fourth-order valence-electron chi connectivity index (χ4n) is 2.90. The third-order valence-corrected chi connectivity index (χ3v) is 5.66. The molecule has 2 unspecified atom stereocenters. The molecule has 1 saturated heterocycles. The zero-order chi connectivity index (χ0) is 19.1. The minimum Gasteiger partial charge on any atom is -0.497 e. The number of esters is 1. The van der Waals surface area contributed by atoms with Gasteiger partial charge in [-0.3, -0.25) is 4.79 Å². The lowest BCUT2D eigenvalue weighted by molar-refractivity contribution is -0.148. The number of carbonyl (C=O) groups is 2. The lowest BCUT2D eigenvalue weighted by Crippen LogP contribution is -2.46. The third kappa shape index (κ3) is 5.16. The van der Waals surface area contributed by atoms with E-state index in [1.54, 1.807) is 48.0 Å². The maximum atomic E-state index is 13.1. The second kappa shape index (κ2) is 9.86. The maximum absolute atomic E-state index is 13.1. The van der Waals surface area contributed by atoms with Crippen LogP contribution in [0, 0.1) is 5.92 Å². The van der Waals surface area contributed by atoms with Crippen LogP contribution < -0.4 is 4.74 Å². The van der Waals surface area contributed by atoms with Gasteiger partial charge in [-0.05, 0) is 43.0 Å². The summed E-state index contributed by atoms with van der Waals surface area (Å²) >= 11 is 1.66. The minimum absolute atomic E-state index is 0.00618. The van der Waals surface area contributed by atoms with E-state index in [1.807, 2.05) is 0 Å². The maximum Gasteiger partial charge on any atom is 0.329 e. The standard InChI is InChI=1S/C20H29NO4S/c1-5-6-11-25-20(23)17-13-26-18(12-14(2)3)21(17)19(22)15-7-9-16(24-4)10-8-15/h7-10,14,17-18H,5-6,11-13H2,1-4H3. The molecule has 0 aliphatic carbocycles. The van der Waals surface area contributed by atoms with Crippen molar-refractivity contribution < 1.29 is 19.1 Å². The Hall–Kier alpha value is -1.69. The SMILES string of the molecule is CCCCOC(=O)C1CSC(CC(C)C)N1C(=O)c1ccc(OC)cc1. The van der Waals surface area contributed by atoms with Crippen LogP contribution in [0.1, 0.15) is 50.4 Å². The molecule has 0 spiro atoms. The highest BCUT2D eigenvalue weighted by Crippen LogP contribution is 2.35. The van der Waals surface area contributed by atoms with Gasteiger partial charge in [0.05, 0.1) is 19.1 Å². The van der Waals surface area contributed by atoms with Gasteiger partial charge in [0, 0.05) is 11.3 Å². The molecule has 0 N–H and O–H groups in total. The van der Waals surface area contributed by atoms with Crippen molar-refractivity contribution in [1.82, 2.24) is 4.90 Å². The van der Waals surface area contributed by atoms with Crippen LogP contribution in [0.5, 0.6) is 5.75 Å². The summed E-state index contributed by atoms with van der Waals surface area (Å²) in [6.45, 7) is 6.72. The molecule has 0 aromatic heterocycles. The summed E-state index contributed by atoms with van der Waals surface area (Å²) in [4.78, 5) is 27.4. The molecule has 2 atom stereocenters. The van der Waals surface area contributed by atoms with Gasteiger partial charge in [-0.1, -0.05) is 27.2 Å². The minimum atomic E-state index is -0.518. The first-order valence-electron chi connectivity index (χ1n) is 9.22. The molecule has 1 fully saturated rings. The van der Waals surface area contributed by atoms with Crippen LogP contribution >= 0.6 is 11.8 Å². The van der Waals surface area contributed by atoms with Crippen molar-refractivity contribution in [2.24, 2.45) is 5.92 Å². The Morgan fingerprint density at radius 1 is 1.27 bits per heavy atom. The summed E-state index contributed by atoms with van der Waals surface area (Å²) < 4.78 is 10.6. The lowest BCUT2D eigenvalue weighted by atomic mass is 10.1. The van der Waals surface area contributed by atoms with Crippen molar-refractivity contribution in [1.29, 1.82) is 0 Å². The van der Waals surface area contributed by atoms with Gasteiger partial charge in [0.2, 0.25) is 0 Å². The Kier molecular flexibility index (Phi) is 7.82. The van der Waals surface area contributed by atoms with Crippen LogP contribution in [0.2, 0.25) is 0 Å². The summed E-state index contributed by atoms with van der Waals surface area (Å²) in [6, 6.07) is 6.51. The number of thioether (sulfide) groups is 1. The summed E-state index contributed by atoms with van der Waals surface area (Å²) in [6.07, 6.45) is 2.66. The van der Waals surface area contributed by atoms with Crippen LogP contribution in [0.25, 0.3) is 0 Å². The van der Waals surface area contributed by atoms with Crippen LogP contribution in [0.3, 0.4) is 0 Å². The van der Waals surface area contributed by atoms with Crippen molar-refractivity contribution in [3.8, 4) is 5.75 Å². The number of ether oxygens (including phenoxy) is 2. The Bertz CT molecular complexity index is 602. The molecule has 2 rings (SSSR count). The molecule has 1 aliphatic heterocycles. The van der Waals surface area contributed by atoms with Gasteiger partial charge in [0.25, 0.3) is 5.91 Å². The highest BCUT2D eigenvalue weighted by molar-refractivity contribution is 8.00. The predicted octanol–water partition coefficient (Wildman–Crippen LogP) is 3.97. The van der Waals surface area contributed by atoms with Crippen molar-refractivity contribution in [3.63, 3.8) is 0 Å². The zero-order valence-electron chi connectivity index (χ0n) is 16.1. The van der Waals surface area contributed by atoms with Gasteiger partial charge in [-0.25, -0.2) is 4.79 Å². The lowest BCUT2D eigenvalue weighted by Gasteiger charge is -2.29. The van der Waals surface area contributed by atoms with E-state index >= 15 is 0 Å². The van der Waals surface area contributed by atoms with E-state index in [0.717, 1.165) is 19.3 Å². The quantitative estimate of drug-likeness (QED) is 0.505. The molecule has 1 aliphatic rings. The van der Waals surface area contributed by atoms with Crippen molar-refractivity contribution in [3.05, 3.63) is 29.8 Å². The highest BCUT2D eigenvalue weighted by Gasteiger charge is 2.42. The molecule has 6 heteroatoms. The molecule has 144 valence electrons. The second-order valence-electron chi connectivity index (χ2n) is 6.90. The monoisotopic (exact) mass is 379 g/mol. The van der Waals surface area contributed by atoms with E-state index in [-0.39, 0.29) is 17.3 Å². The molecule has 5 nitrogen and oxygen atoms in total. The molecule has 1 amide bonds. The average molecular weight is 380 g/mol. The third-order valence-electron chi connectivity index (χ3n) is 4.35. The van der Waals surface area contributed by atoms with Crippen LogP contribution in [-0.4, -0.2) is 47.7 Å². The van der Waals surface area contributed by atoms with E-state index in [1.165, 1.54) is 0 Å². The number of amides is 1. The van der Waals surface area contributed by atoms with Gasteiger partial charge < -0.3 is 14.4 Å². The van der Waals surface area contributed by atoms with E-state index in [2.05, 4.69) is 20.8 Å². The first-order valence-corrected chi connectivity index (χ1v) is 10.3. The van der Waals surface area contributed by atoms with Gasteiger partial charge in [0.15, 0.2) is 0 Å². The molecule has 1 aromatic rings. The van der Waals surface area contributed by atoms with E-state index < -0.39 is 6.04 Å². The summed E-state index contributed by atoms with van der Waals surface area (Å²) in [7, 11) is 1.59. The van der Waals surface area contributed by atoms with Crippen molar-refractivity contribution in [2.45, 2.75) is 51.4 Å². The van der Waals surface area contributed by atoms with Crippen molar-refractivity contribution >= 4 is 23.6 Å². The van der Waals surface area contributed by atoms with E-state index in [9.17, 15) is 9.59 Å². The summed E-state index contributed by atoms with van der Waals surface area (Å²) in [5, 5.41) is -0.00618. The van der Waals surface area contributed by atoms with Crippen LogP contribution in [0.4, 0.5) is 0 Å². The number of benzene rings is 1. The summed E-state index contributed by atoms with van der Waals surface area (Å²) in [5.74, 6) is 1.31. The summed E-state index contributed by atoms with van der Waals surface area (Å²) in [5.41, 5.74) is 0.563. The highest BCUT2D eigenvalue weighted by atomic mass is 32.2. The number of rotatable bonds is 8. The van der Waals surface area contributed by atoms with Gasteiger partial charge in [-0.2, -0.15) is 0 Å². The topological polar surface area (TPSA) is 55.8 Å². The van der Waals surface area contributed by atoms with Gasteiger partial charge in [-0.15, -0.1) is 11.8 Å². The van der Waals surface area contributed by atoms with E-state index in [0.29, 0.717) is 29.6 Å². The Labute approximate surface area is 160 Å². The first-order chi connectivity index (χ1) is 12.5. The zero-order valence-corrected chi connectivity index (χ0v) is 16.9. The Balaban J connectivity index is 2.19. The molecule has 0 radical (unpaired) electrons. The molecular weight excluding hydrogens is 350 g/mol. The molecule has 26 heavy (non-hydrogen) atoms. The molecule has 0 bridgehead atoms. The number of nitrogens with zero attached hydrogens (tertiary/aromatic N) is 1. The predicted molar refractivity (Wildman–Crippen MR) is 105 cm³/mol. The smallest absolute Gasteiger partial charge is 0.329 e. The number of methoxy groups -OCH3 is 1. The van der Waals surface area contributed by atoms with Gasteiger partial charge >= 0.3 is 5.97 Å². The van der Waals surface area contributed by atoms with E-state index in [4.69, 9.17) is 9.47 Å². The largest absolute Gasteiger partial charge is 0.497 e. The Morgan fingerprint density at radius 2 is 1.96 bits per heavy atom. The van der Waals surface area contributed by atoms with Crippen LogP contribution in [-0.2, 0) is 9.53 Å². The van der Waals surface area contributed by atoms with Crippen LogP contribution in [0.15, 0.2) is 24.3 Å². The van der Waals surface area contributed by atoms with Gasteiger partial charge in [0.1, 0.15) is 11.8 Å². The molecule has 1 heterocycles. The average Bonchev–Trinajstić information content (AvgIpc) is 3.04. The molecule has 1 aromatic carbocycles. The number of hydrogen-bond donors (Lipinski definition) is 0. The Morgan fingerprint density at radius 3 is 2.54 bits per heavy atom. The fraction of sp³-hybridized carbons (Fsp3) is 0.600.